The van der Waals surface area contributed by atoms with Crippen LogP contribution in [0.2, 0.25) is 0 Å². The first kappa shape index (κ1) is 19.5. The number of carboxylic acids is 1. The molecule has 0 saturated carbocycles. The number of methoxy groups -OCH3 is 1. The van der Waals surface area contributed by atoms with Crippen molar-refractivity contribution in [2.75, 3.05) is 20.2 Å². The van der Waals surface area contributed by atoms with Crippen LogP contribution in [0.4, 0.5) is 0 Å². The molecule has 0 heterocycles. The number of rotatable bonds is 8. The lowest BCUT2D eigenvalue weighted by atomic mass is 9.99. The van der Waals surface area contributed by atoms with E-state index in [4.69, 9.17) is 4.74 Å². The Hall–Kier alpha value is -2.57. The number of aliphatic carboxylic acids is 1. The third kappa shape index (κ3) is 5.26. The average Bonchev–Trinajstić information content (AvgIpc) is 2.56. The molecule has 0 aliphatic heterocycles. The van der Waals surface area contributed by atoms with Gasteiger partial charge in [0, 0.05) is 20.0 Å². The number of ether oxygens (including phenoxy) is 1. The van der Waals surface area contributed by atoms with E-state index in [0.29, 0.717) is 5.75 Å². The molecule has 2 atom stereocenters. The summed E-state index contributed by atoms with van der Waals surface area (Å²) < 4.78 is 5.09. The predicted molar refractivity (Wildman–Crippen MR) is 88.9 cm³/mol. The van der Waals surface area contributed by atoms with Gasteiger partial charge in [-0.05, 0) is 31.5 Å². The number of nitrogens with one attached hydrogen (secondary N) is 1. The topological polar surface area (TPSA) is 95.9 Å². The van der Waals surface area contributed by atoms with E-state index in [2.05, 4.69) is 5.32 Å². The molecule has 0 saturated heterocycles. The lowest BCUT2D eigenvalue weighted by molar-refractivity contribution is -0.149. The summed E-state index contributed by atoms with van der Waals surface area (Å²) in [7, 11) is 1.56. The number of hydrogen-bond acceptors (Lipinski definition) is 4. The number of carbonyl (C=O) groups excluding carboxylic acids is 2. The van der Waals surface area contributed by atoms with Gasteiger partial charge in [0.2, 0.25) is 11.8 Å². The summed E-state index contributed by atoms with van der Waals surface area (Å²) in [6.07, 6.45) is 0. The molecule has 0 aliphatic rings. The smallest absolute Gasteiger partial charge is 0.326 e. The van der Waals surface area contributed by atoms with Crippen LogP contribution < -0.4 is 10.1 Å². The molecule has 0 aromatic heterocycles. The van der Waals surface area contributed by atoms with Crippen LogP contribution in [0.3, 0.4) is 0 Å². The van der Waals surface area contributed by atoms with Gasteiger partial charge in [-0.2, -0.15) is 0 Å². The van der Waals surface area contributed by atoms with E-state index in [1.807, 2.05) is 0 Å². The van der Waals surface area contributed by atoms with Crippen LogP contribution in [0.15, 0.2) is 24.3 Å². The second-order valence-electron chi connectivity index (χ2n) is 5.52. The predicted octanol–water partition coefficient (Wildman–Crippen LogP) is 1.24. The number of carboxylic acid groups (broad SMARTS) is 1. The molecule has 2 amide bonds. The molecule has 2 N–H and O–H groups in total. The standard InChI is InChI=1S/C17H24N2O5/c1-11(14-5-7-15(24-4)8-6-14)16(21)19(12(2)17(22)23)10-9-18-13(3)20/h5-8,11-12H,9-10H2,1-4H3,(H,18,20)(H,22,23). The van der Waals surface area contributed by atoms with Gasteiger partial charge in [-0.15, -0.1) is 0 Å². The molecule has 7 heteroatoms. The Labute approximate surface area is 141 Å². The fourth-order valence-electron chi connectivity index (χ4n) is 2.26. The van der Waals surface area contributed by atoms with Crippen molar-refractivity contribution < 1.29 is 24.2 Å². The molecule has 1 aromatic carbocycles. The molecule has 1 aromatic rings. The van der Waals surface area contributed by atoms with Crippen molar-refractivity contribution in [3.63, 3.8) is 0 Å². The molecule has 1 rings (SSSR count). The molecule has 0 aliphatic carbocycles. The summed E-state index contributed by atoms with van der Waals surface area (Å²) in [6.45, 7) is 4.88. The quantitative estimate of drug-likeness (QED) is 0.744. The van der Waals surface area contributed by atoms with Gasteiger partial charge in [0.25, 0.3) is 0 Å². The van der Waals surface area contributed by atoms with Crippen molar-refractivity contribution in [3.8, 4) is 5.75 Å². The van der Waals surface area contributed by atoms with Gasteiger partial charge >= 0.3 is 5.97 Å². The van der Waals surface area contributed by atoms with Crippen LogP contribution in [0.5, 0.6) is 5.75 Å². The second-order valence-corrected chi connectivity index (χ2v) is 5.52. The average molecular weight is 336 g/mol. The zero-order valence-corrected chi connectivity index (χ0v) is 14.4. The lowest BCUT2D eigenvalue weighted by Crippen LogP contribution is -2.48. The lowest BCUT2D eigenvalue weighted by Gasteiger charge is -2.29. The van der Waals surface area contributed by atoms with Crippen molar-refractivity contribution in [2.45, 2.75) is 32.7 Å². The van der Waals surface area contributed by atoms with Crippen molar-refractivity contribution >= 4 is 17.8 Å². The highest BCUT2D eigenvalue weighted by Crippen LogP contribution is 2.22. The summed E-state index contributed by atoms with van der Waals surface area (Å²) in [6, 6.07) is 6.08. The van der Waals surface area contributed by atoms with Crippen molar-refractivity contribution in [2.24, 2.45) is 0 Å². The molecule has 2 unspecified atom stereocenters. The Morgan fingerprint density at radius 1 is 1.21 bits per heavy atom. The Kier molecular flexibility index (Phi) is 7.23. The molecule has 0 radical (unpaired) electrons. The van der Waals surface area contributed by atoms with Gasteiger partial charge in [-0.1, -0.05) is 12.1 Å². The van der Waals surface area contributed by atoms with Crippen molar-refractivity contribution in [3.05, 3.63) is 29.8 Å². The number of nitrogens with zero attached hydrogens (tertiary/aromatic N) is 1. The monoisotopic (exact) mass is 336 g/mol. The first-order valence-electron chi connectivity index (χ1n) is 7.69. The van der Waals surface area contributed by atoms with E-state index in [1.165, 1.54) is 18.7 Å². The number of carbonyl (C=O) groups is 3. The Morgan fingerprint density at radius 2 is 1.79 bits per heavy atom. The van der Waals surface area contributed by atoms with Crippen LogP contribution in [0, 0.1) is 0 Å². The molecule has 0 fully saturated rings. The highest BCUT2D eigenvalue weighted by Gasteiger charge is 2.29. The first-order chi connectivity index (χ1) is 11.3. The summed E-state index contributed by atoms with van der Waals surface area (Å²) in [5.74, 6) is -1.45. The molecule has 7 nitrogen and oxygen atoms in total. The zero-order valence-electron chi connectivity index (χ0n) is 14.4. The highest BCUT2D eigenvalue weighted by molar-refractivity contribution is 5.87. The third-order valence-corrected chi connectivity index (χ3v) is 3.82. The van der Waals surface area contributed by atoms with Gasteiger partial charge in [-0.3, -0.25) is 9.59 Å². The van der Waals surface area contributed by atoms with Gasteiger partial charge in [0.1, 0.15) is 11.8 Å². The van der Waals surface area contributed by atoms with Gasteiger partial charge in [-0.25, -0.2) is 4.79 Å². The van der Waals surface area contributed by atoms with Crippen LogP contribution >= 0.6 is 0 Å². The summed E-state index contributed by atoms with van der Waals surface area (Å²) in [5, 5.41) is 11.8. The van der Waals surface area contributed by atoms with Gasteiger partial charge in [0.15, 0.2) is 0 Å². The van der Waals surface area contributed by atoms with Crippen molar-refractivity contribution in [1.29, 1.82) is 0 Å². The van der Waals surface area contributed by atoms with Crippen molar-refractivity contribution in [1.82, 2.24) is 10.2 Å². The van der Waals surface area contributed by atoms with E-state index >= 15 is 0 Å². The molecule has 132 valence electrons. The molecule has 0 spiro atoms. The van der Waals surface area contributed by atoms with Crippen LogP contribution in [0.25, 0.3) is 0 Å². The van der Waals surface area contributed by atoms with E-state index in [-0.39, 0.29) is 24.9 Å². The van der Waals surface area contributed by atoms with E-state index < -0.39 is 17.9 Å². The van der Waals surface area contributed by atoms with Gasteiger partial charge < -0.3 is 20.1 Å². The summed E-state index contributed by atoms with van der Waals surface area (Å²) in [4.78, 5) is 36.3. The fraction of sp³-hybridized carbons (Fsp3) is 0.471. The third-order valence-electron chi connectivity index (χ3n) is 3.82. The number of amides is 2. The highest BCUT2D eigenvalue weighted by atomic mass is 16.5. The summed E-state index contributed by atoms with van der Waals surface area (Å²) in [5.41, 5.74) is 0.767. The summed E-state index contributed by atoms with van der Waals surface area (Å²) >= 11 is 0. The molecule has 0 bridgehead atoms. The van der Waals surface area contributed by atoms with E-state index in [9.17, 15) is 19.5 Å². The SMILES string of the molecule is COc1ccc(C(C)C(=O)N(CCNC(C)=O)C(C)C(=O)O)cc1. The Morgan fingerprint density at radius 3 is 2.25 bits per heavy atom. The minimum absolute atomic E-state index is 0.131. The molecular weight excluding hydrogens is 312 g/mol. The van der Waals surface area contributed by atoms with E-state index in [0.717, 1.165) is 5.56 Å². The van der Waals surface area contributed by atoms with Crippen LogP contribution in [-0.4, -0.2) is 54.0 Å². The zero-order chi connectivity index (χ0) is 18.3. The second kappa shape index (κ2) is 8.90. The Bertz CT molecular complexity index is 585. The molecule has 24 heavy (non-hydrogen) atoms. The van der Waals surface area contributed by atoms with E-state index in [1.54, 1.807) is 38.3 Å². The largest absolute Gasteiger partial charge is 0.497 e. The number of hydrogen-bond donors (Lipinski definition) is 2. The number of benzene rings is 1. The first-order valence-corrected chi connectivity index (χ1v) is 7.69. The maximum absolute atomic E-state index is 12.7. The van der Waals surface area contributed by atoms with Crippen LogP contribution in [-0.2, 0) is 14.4 Å². The molecular formula is C17H24N2O5. The van der Waals surface area contributed by atoms with Gasteiger partial charge in [0.05, 0.1) is 13.0 Å². The normalized spacial score (nSPS) is 12.8. The maximum Gasteiger partial charge on any atom is 0.326 e. The Balaban J connectivity index is 2.91. The van der Waals surface area contributed by atoms with Crippen LogP contribution in [0.1, 0.15) is 32.3 Å². The minimum Gasteiger partial charge on any atom is -0.497 e. The minimum atomic E-state index is -1.09. The fourth-order valence-corrected chi connectivity index (χ4v) is 2.26. The maximum atomic E-state index is 12.7.